The fourth-order valence-corrected chi connectivity index (χ4v) is 4.20. The van der Waals surface area contributed by atoms with Crippen molar-refractivity contribution in [3.05, 3.63) is 35.4 Å². The molecule has 0 spiro atoms. The highest BCUT2D eigenvalue weighted by Gasteiger charge is 2.35. The summed E-state index contributed by atoms with van der Waals surface area (Å²) in [5.74, 6) is -0.347. The maximum Gasteiger partial charge on any atom is 0.416 e. The summed E-state index contributed by atoms with van der Waals surface area (Å²) in [4.78, 5) is 12.4. The third-order valence-corrected chi connectivity index (χ3v) is 6.29. The van der Waals surface area contributed by atoms with E-state index in [9.17, 15) is 26.4 Å². The molecule has 0 saturated carbocycles. The Hall–Kier alpha value is -1.61. The highest BCUT2D eigenvalue weighted by atomic mass is 32.2. The van der Waals surface area contributed by atoms with Crippen molar-refractivity contribution in [1.29, 1.82) is 0 Å². The summed E-state index contributed by atoms with van der Waals surface area (Å²) < 4.78 is 63.2. The van der Waals surface area contributed by atoms with E-state index in [2.05, 4.69) is 5.32 Å². The zero-order chi connectivity index (χ0) is 18.9. The number of amides is 1. The molecule has 1 saturated heterocycles. The predicted octanol–water partition coefficient (Wildman–Crippen LogP) is 2.13. The quantitative estimate of drug-likeness (QED) is 0.854. The van der Waals surface area contributed by atoms with Crippen LogP contribution in [0, 0.1) is 0 Å². The summed E-state index contributed by atoms with van der Waals surface area (Å²) in [6.07, 6.45) is -3.92. The lowest BCUT2D eigenvalue weighted by Gasteiger charge is -2.25. The van der Waals surface area contributed by atoms with Crippen LogP contribution in [0.3, 0.4) is 0 Å². The van der Waals surface area contributed by atoms with Crippen molar-refractivity contribution in [2.45, 2.75) is 31.9 Å². The first-order valence-corrected chi connectivity index (χ1v) is 9.49. The second-order valence-corrected chi connectivity index (χ2v) is 8.62. The van der Waals surface area contributed by atoms with Gasteiger partial charge in [-0.15, -0.1) is 0 Å². The van der Waals surface area contributed by atoms with E-state index in [1.807, 2.05) is 0 Å². The molecule has 1 aliphatic rings. The molecule has 1 aromatic rings. The van der Waals surface area contributed by atoms with E-state index in [0.717, 1.165) is 12.1 Å². The summed E-state index contributed by atoms with van der Waals surface area (Å²) in [6.45, 7) is 3.76. The Morgan fingerprint density at radius 2 is 1.88 bits per heavy atom. The number of sulfonamides is 1. The van der Waals surface area contributed by atoms with Gasteiger partial charge in [0.15, 0.2) is 0 Å². The SMILES string of the molecule is CC(C)(C(=O)NCCN1CCCS1(=O)=O)c1cccc(C(F)(F)F)c1. The highest BCUT2D eigenvalue weighted by Crippen LogP contribution is 2.32. The first-order valence-electron chi connectivity index (χ1n) is 7.88. The minimum atomic E-state index is -4.48. The molecule has 1 fully saturated rings. The van der Waals surface area contributed by atoms with E-state index in [1.54, 1.807) is 0 Å². The molecule has 5 nitrogen and oxygen atoms in total. The Morgan fingerprint density at radius 3 is 2.44 bits per heavy atom. The average molecular weight is 378 g/mol. The van der Waals surface area contributed by atoms with Gasteiger partial charge in [-0.1, -0.05) is 18.2 Å². The largest absolute Gasteiger partial charge is 0.416 e. The molecule has 1 aromatic carbocycles. The predicted molar refractivity (Wildman–Crippen MR) is 87.5 cm³/mol. The van der Waals surface area contributed by atoms with Crippen molar-refractivity contribution >= 4 is 15.9 Å². The van der Waals surface area contributed by atoms with E-state index in [1.165, 1.54) is 30.3 Å². The Labute approximate surface area is 145 Å². The number of alkyl halides is 3. The summed E-state index contributed by atoms with van der Waals surface area (Å²) in [5.41, 5.74) is -1.74. The number of hydrogen-bond donors (Lipinski definition) is 1. The van der Waals surface area contributed by atoms with Crippen LogP contribution in [0.5, 0.6) is 0 Å². The van der Waals surface area contributed by atoms with Crippen LogP contribution in [0.25, 0.3) is 0 Å². The van der Waals surface area contributed by atoms with Gasteiger partial charge in [0.2, 0.25) is 15.9 Å². The van der Waals surface area contributed by atoms with Gasteiger partial charge in [-0.05, 0) is 31.9 Å². The van der Waals surface area contributed by atoms with E-state index in [0.29, 0.717) is 13.0 Å². The molecule has 0 aromatic heterocycles. The molecule has 0 unspecified atom stereocenters. The van der Waals surface area contributed by atoms with Crippen LogP contribution >= 0.6 is 0 Å². The minimum absolute atomic E-state index is 0.108. The third kappa shape index (κ3) is 4.52. The maximum absolute atomic E-state index is 12.8. The summed E-state index contributed by atoms with van der Waals surface area (Å²) in [7, 11) is -3.24. The van der Waals surface area contributed by atoms with Crippen LogP contribution in [0.2, 0.25) is 0 Å². The summed E-state index contributed by atoms with van der Waals surface area (Å²) in [6, 6.07) is 4.66. The van der Waals surface area contributed by atoms with Crippen molar-refractivity contribution < 1.29 is 26.4 Å². The van der Waals surface area contributed by atoms with Gasteiger partial charge in [0.25, 0.3) is 0 Å². The number of halogens is 3. The van der Waals surface area contributed by atoms with E-state index in [4.69, 9.17) is 0 Å². The van der Waals surface area contributed by atoms with Crippen LogP contribution in [0.15, 0.2) is 24.3 Å². The molecule has 0 aliphatic carbocycles. The zero-order valence-corrected chi connectivity index (χ0v) is 14.9. The second-order valence-electron chi connectivity index (χ2n) is 6.53. The lowest BCUT2D eigenvalue weighted by molar-refractivity contribution is -0.137. The molecule has 1 N–H and O–H groups in total. The molecule has 1 aliphatic heterocycles. The highest BCUT2D eigenvalue weighted by molar-refractivity contribution is 7.89. The van der Waals surface area contributed by atoms with Crippen LogP contribution in [-0.2, 0) is 26.4 Å². The minimum Gasteiger partial charge on any atom is -0.354 e. The van der Waals surface area contributed by atoms with Crippen LogP contribution in [0.4, 0.5) is 13.2 Å². The lowest BCUT2D eigenvalue weighted by atomic mass is 9.83. The van der Waals surface area contributed by atoms with Crippen molar-refractivity contribution in [2.75, 3.05) is 25.4 Å². The first-order chi connectivity index (χ1) is 11.4. The second kappa shape index (κ2) is 6.95. The third-order valence-electron chi connectivity index (χ3n) is 4.33. The van der Waals surface area contributed by atoms with Crippen LogP contribution in [-0.4, -0.2) is 44.0 Å². The smallest absolute Gasteiger partial charge is 0.354 e. The topological polar surface area (TPSA) is 66.5 Å². The van der Waals surface area contributed by atoms with Gasteiger partial charge in [0, 0.05) is 19.6 Å². The number of carbonyl (C=O) groups excluding carboxylic acids is 1. The average Bonchev–Trinajstić information content (AvgIpc) is 2.85. The Kier molecular flexibility index (Phi) is 5.48. The molecule has 9 heteroatoms. The Balaban J connectivity index is 2.03. The van der Waals surface area contributed by atoms with Gasteiger partial charge in [-0.3, -0.25) is 4.79 Å². The monoisotopic (exact) mass is 378 g/mol. The van der Waals surface area contributed by atoms with Gasteiger partial charge in [-0.25, -0.2) is 12.7 Å². The molecule has 140 valence electrons. The fourth-order valence-electron chi connectivity index (χ4n) is 2.67. The number of nitrogens with one attached hydrogen (secondary N) is 1. The standard InChI is InChI=1S/C16H21F3N2O3S/c1-15(2,12-5-3-6-13(11-12)16(17,18)19)14(22)20-7-9-21-8-4-10-25(21,23)24/h3,5-6,11H,4,7-10H2,1-2H3,(H,20,22). The number of carbonyl (C=O) groups is 1. The van der Waals surface area contributed by atoms with Gasteiger partial charge >= 0.3 is 6.18 Å². The summed E-state index contributed by atoms with van der Waals surface area (Å²) in [5, 5.41) is 2.62. The first kappa shape index (κ1) is 19.7. The number of nitrogens with zero attached hydrogens (tertiary/aromatic N) is 1. The number of rotatable bonds is 5. The van der Waals surface area contributed by atoms with E-state index in [-0.39, 0.29) is 24.4 Å². The zero-order valence-electron chi connectivity index (χ0n) is 14.1. The molecular formula is C16H21F3N2O3S. The molecule has 25 heavy (non-hydrogen) atoms. The molecule has 0 atom stereocenters. The van der Waals surface area contributed by atoms with E-state index < -0.39 is 33.1 Å². The number of hydrogen-bond acceptors (Lipinski definition) is 3. The van der Waals surface area contributed by atoms with Crippen LogP contribution in [0.1, 0.15) is 31.4 Å². The van der Waals surface area contributed by atoms with Crippen molar-refractivity contribution in [2.24, 2.45) is 0 Å². The van der Waals surface area contributed by atoms with Crippen molar-refractivity contribution in [3.63, 3.8) is 0 Å². The van der Waals surface area contributed by atoms with Gasteiger partial charge in [0.1, 0.15) is 0 Å². The normalized spacial score (nSPS) is 18.3. The van der Waals surface area contributed by atoms with Crippen molar-refractivity contribution in [1.82, 2.24) is 9.62 Å². The fraction of sp³-hybridized carbons (Fsp3) is 0.562. The number of benzene rings is 1. The molecule has 1 heterocycles. The van der Waals surface area contributed by atoms with Gasteiger partial charge in [-0.2, -0.15) is 13.2 Å². The molecule has 2 rings (SSSR count). The molecule has 0 bridgehead atoms. The van der Waals surface area contributed by atoms with Gasteiger partial charge < -0.3 is 5.32 Å². The van der Waals surface area contributed by atoms with Gasteiger partial charge in [0.05, 0.1) is 16.7 Å². The maximum atomic E-state index is 12.8. The molecule has 0 radical (unpaired) electrons. The van der Waals surface area contributed by atoms with E-state index >= 15 is 0 Å². The Bertz CT molecular complexity index is 745. The lowest BCUT2D eigenvalue weighted by Crippen LogP contribution is -2.43. The van der Waals surface area contributed by atoms with Crippen molar-refractivity contribution in [3.8, 4) is 0 Å². The molecular weight excluding hydrogens is 357 g/mol. The summed E-state index contributed by atoms with van der Waals surface area (Å²) >= 11 is 0. The van der Waals surface area contributed by atoms with Crippen LogP contribution < -0.4 is 5.32 Å². The molecule has 1 amide bonds. The Morgan fingerprint density at radius 1 is 1.24 bits per heavy atom.